The second kappa shape index (κ2) is 6.19. The van der Waals surface area contributed by atoms with E-state index in [4.69, 9.17) is 0 Å². The minimum atomic E-state index is -1.03. The molecule has 3 aromatic rings. The first-order valence-corrected chi connectivity index (χ1v) is 7.03. The third-order valence-corrected chi connectivity index (χ3v) is 3.50. The van der Waals surface area contributed by atoms with Crippen molar-refractivity contribution in [3.05, 3.63) is 71.2 Å². The van der Waals surface area contributed by atoms with E-state index in [0.29, 0.717) is 5.69 Å². The quantitative estimate of drug-likeness (QED) is 0.760. The van der Waals surface area contributed by atoms with Crippen LogP contribution in [-0.2, 0) is 0 Å². The average molecular weight is 331 g/mol. The first kappa shape index (κ1) is 15.8. The average Bonchev–Trinajstić information content (AvgIpc) is 2.91. The fourth-order valence-corrected chi connectivity index (χ4v) is 2.26. The summed E-state index contributed by atoms with van der Waals surface area (Å²) in [5.41, 5.74) is 1.15. The smallest absolute Gasteiger partial charge is 0.258 e. The predicted molar refractivity (Wildman–Crippen MR) is 83.0 cm³/mol. The van der Waals surface area contributed by atoms with Crippen molar-refractivity contribution in [2.24, 2.45) is 0 Å². The fourth-order valence-electron chi connectivity index (χ4n) is 2.26. The fraction of sp³-hybridized carbons (Fsp3) is 0.0588. The van der Waals surface area contributed by atoms with Crippen LogP contribution in [0.4, 0.5) is 18.9 Å². The van der Waals surface area contributed by atoms with Crippen LogP contribution in [0.3, 0.4) is 0 Å². The van der Waals surface area contributed by atoms with E-state index in [1.165, 1.54) is 30.3 Å². The normalized spacial score (nSPS) is 10.7. The number of nitrogens with one attached hydrogen (secondary N) is 2. The van der Waals surface area contributed by atoms with E-state index in [2.05, 4.69) is 15.5 Å². The molecule has 0 aliphatic carbocycles. The Morgan fingerprint density at radius 3 is 2.50 bits per heavy atom. The molecule has 1 amide bonds. The van der Waals surface area contributed by atoms with Crippen LogP contribution in [0.25, 0.3) is 11.3 Å². The van der Waals surface area contributed by atoms with Crippen molar-refractivity contribution >= 4 is 11.6 Å². The topological polar surface area (TPSA) is 57.8 Å². The molecule has 2 N–H and O–H groups in total. The minimum absolute atomic E-state index is 0.130. The van der Waals surface area contributed by atoms with Crippen molar-refractivity contribution in [3.63, 3.8) is 0 Å². The zero-order valence-electron chi connectivity index (χ0n) is 12.5. The standard InChI is InChI=1S/C17H12F3N3O/c1-9-15(21-17(24)11-4-2-3-5-12(11)18)16(23-22-9)10-6-7-13(19)14(20)8-10/h2-8H,1H3,(H,21,24)(H,22,23). The van der Waals surface area contributed by atoms with Crippen LogP contribution in [0.1, 0.15) is 16.1 Å². The second-order valence-corrected chi connectivity index (χ2v) is 5.14. The molecule has 0 atom stereocenters. The number of benzene rings is 2. The Bertz CT molecular complexity index is 921. The number of halogens is 3. The Hall–Kier alpha value is -3.09. The molecule has 0 bridgehead atoms. The summed E-state index contributed by atoms with van der Waals surface area (Å²) in [6.07, 6.45) is 0. The van der Waals surface area contributed by atoms with Gasteiger partial charge in [0.15, 0.2) is 11.6 Å². The van der Waals surface area contributed by atoms with Crippen LogP contribution in [0.5, 0.6) is 0 Å². The maximum atomic E-state index is 13.7. The van der Waals surface area contributed by atoms with E-state index in [1.54, 1.807) is 6.92 Å². The summed E-state index contributed by atoms with van der Waals surface area (Å²) in [6.45, 7) is 1.65. The van der Waals surface area contributed by atoms with Gasteiger partial charge in [0.2, 0.25) is 0 Å². The zero-order valence-corrected chi connectivity index (χ0v) is 12.5. The van der Waals surface area contributed by atoms with Crippen LogP contribution in [0, 0.1) is 24.4 Å². The third-order valence-electron chi connectivity index (χ3n) is 3.50. The number of aromatic nitrogens is 2. The van der Waals surface area contributed by atoms with Crippen molar-refractivity contribution in [2.45, 2.75) is 6.92 Å². The molecule has 3 rings (SSSR count). The van der Waals surface area contributed by atoms with Crippen LogP contribution in [0.2, 0.25) is 0 Å². The molecular weight excluding hydrogens is 319 g/mol. The zero-order chi connectivity index (χ0) is 17.3. The van der Waals surface area contributed by atoms with E-state index in [1.807, 2.05) is 0 Å². The molecule has 4 nitrogen and oxygen atoms in total. The minimum Gasteiger partial charge on any atom is -0.318 e. The lowest BCUT2D eigenvalue weighted by Crippen LogP contribution is -2.14. The van der Waals surface area contributed by atoms with Gasteiger partial charge in [0.05, 0.1) is 16.9 Å². The Morgan fingerprint density at radius 1 is 1.04 bits per heavy atom. The Labute approximate surface area is 135 Å². The van der Waals surface area contributed by atoms with Crippen molar-refractivity contribution in [1.82, 2.24) is 10.2 Å². The van der Waals surface area contributed by atoms with E-state index in [9.17, 15) is 18.0 Å². The molecule has 0 aliphatic rings. The highest BCUT2D eigenvalue weighted by atomic mass is 19.2. The lowest BCUT2D eigenvalue weighted by atomic mass is 10.1. The molecule has 0 fully saturated rings. The molecule has 1 aromatic heterocycles. The number of amides is 1. The summed E-state index contributed by atoms with van der Waals surface area (Å²) in [4.78, 5) is 12.3. The van der Waals surface area contributed by atoms with Gasteiger partial charge in [-0.05, 0) is 37.3 Å². The maximum Gasteiger partial charge on any atom is 0.258 e. The number of anilines is 1. The molecule has 0 radical (unpaired) electrons. The summed E-state index contributed by atoms with van der Waals surface area (Å²) in [5, 5.41) is 9.23. The highest BCUT2D eigenvalue weighted by Crippen LogP contribution is 2.30. The van der Waals surface area contributed by atoms with Gasteiger partial charge < -0.3 is 5.32 Å². The van der Waals surface area contributed by atoms with Gasteiger partial charge in [-0.25, -0.2) is 13.2 Å². The molecule has 122 valence electrons. The monoisotopic (exact) mass is 331 g/mol. The van der Waals surface area contributed by atoms with Gasteiger partial charge in [0.25, 0.3) is 5.91 Å². The summed E-state index contributed by atoms with van der Waals surface area (Å²) < 4.78 is 40.2. The summed E-state index contributed by atoms with van der Waals surface area (Å²) >= 11 is 0. The van der Waals surface area contributed by atoms with Crippen LogP contribution in [-0.4, -0.2) is 16.1 Å². The van der Waals surface area contributed by atoms with Gasteiger partial charge in [-0.2, -0.15) is 5.10 Å². The van der Waals surface area contributed by atoms with Gasteiger partial charge in [-0.3, -0.25) is 9.89 Å². The van der Waals surface area contributed by atoms with E-state index in [0.717, 1.165) is 12.1 Å². The summed E-state index contributed by atoms with van der Waals surface area (Å²) in [6, 6.07) is 8.82. The number of hydrogen-bond donors (Lipinski definition) is 2. The SMILES string of the molecule is Cc1[nH]nc(-c2ccc(F)c(F)c2)c1NC(=O)c1ccccc1F. The Kier molecular flexibility index (Phi) is 4.07. The van der Waals surface area contributed by atoms with Crippen molar-refractivity contribution < 1.29 is 18.0 Å². The first-order valence-electron chi connectivity index (χ1n) is 7.03. The number of hydrogen-bond acceptors (Lipinski definition) is 2. The first-order chi connectivity index (χ1) is 11.5. The maximum absolute atomic E-state index is 13.7. The highest BCUT2D eigenvalue weighted by Gasteiger charge is 2.18. The molecule has 0 saturated carbocycles. The molecule has 0 aliphatic heterocycles. The van der Waals surface area contributed by atoms with Gasteiger partial charge >= 0.3 is 0 Å². The lowest BCUT2D eigenvalue weighted by Gasteiger charge is -2.08. The Morgan fingerprint density at radius 2 is 1.79 bits per heavy atom. The third kappa shape index (κ3) is 2.88. The number of nitrogens with zero attached hydrogens (tertiary/aromatic N) is 1. The molecule has 0 saturated heterocycles. The second-order valence-electron chi connectivity index (χ2n) is 5.14. The van der Waals surface area contributed by atoms with E-state index < -0.39 is 23.4 Å². The molecular formula is C17H12F3N3O. The molecule has 24 heavy (non-hydrogen) atoms. The lowest BCUT2D eigenvalue weighted by molar-refractivity contribution is 0.102. The molecule has 2 aromatic carbocycles. The van der Waals surface area contributed by atoms with Gasteiger partial charge in [-0.1, -0.05) is 12.1 Å². The highest BCUT2D eigenvalue weighted by molar-refractivity contribution is 6.06. The molecule has 0 unspecified atom stereocenters. The number of aryl methyl sites for hydroxylation is 1. The van der Waals surface area contributed by atoms with Crippen molar-refractivity contribution in [2.75, 3.05) is 5.32 Å². The largest absolute Gasteiger partial charge is 0.318 e. The van der Waals surface area contributed by atoms with Crippen molar-refractivity contribution in [1.29, 1.82) is 0 Å². The number of H-pyrrole nitrogens is 1. The molecule has 0 spiro atoms. The summed E-state index contributed by atoms with van der Waals surface area (Å²) in [7, 11) is 0. The van der Waals surface area contributed by atoms with E-state index in [-0.39, 0.29) is 22.5 Å². The van der Waals surface area contributed by atoms with Crippen LogP contribution in [0.15, 0.2) is 42.5 Å². The van der Waals surface area contributed by atoms with Gasteiger partial charge in [0.1, 0.15) is 11.5 Å². The number of rotatable bonds is 3. The molecule has 1 heterocycles. The van der Waals surface area contributed by atoms with E-state index >= 15 is 0 Å². The predicted octanol–water partition coefficient (Wildman–Crippen LogP) is 4.05. The van der Waals surface area contributed by atoms with Gasteiger partial charge in [-0.15, -0.1) is 0 Å². The van der Waals surface area contributed by atoms with Crippen LogP contribution >= 0.6 is 0 Å². The van der Waals surface area contributed by atoms with Crippen molar-refractivity contribution in [3.8, 4) is 11.3 Å². The number of aromatic amines is 1. The molecule has 7 heteroatoms. The Balaban J connectivity index is 1.97. The van der Waals surface area contributed by atoms with Crippen LogP contribution < -0.4 is 5.32 Å². The summed E-state index contributed by atoms with van der Waals surface area (Å²) in [5.74, 6) is -3.34. The number of carbonyl (C=O) groups is 1. The van der Waals surface area contributed by atoms with Gasteiger partial charge in [0, 0.05) is 5.56 Å². The number of carbonyl (C=O) groups excluding carboxylic acids is 1.